The highest BCUT2D eigenvalue weighted by Crippen LogP contribution is 2.36. The van der Waals surface area contributed by atoms with Crippen molar-refractivity contribution in [3.05, 3.63) is 23.3 Å². The van der Waals surface area contributed by atoms with Crippen molar-refractivity contribution in [2.75, 3.05) is 14.2 Å². The van der Waals surface area contributed by atoms with Crippen molar-refractivity contribution in [2.24, 2.45) is 0 Å². The SMILES string of the molecule is COc1cc(C(C)(C)C)c(OC)cc1CNO. The van der Waals surface area contributed by atoms with Gasteiger partial charge in [0.2, 0.25) is 0 Å². The molecule has 2 N–H and O–H groups in total. The smallest absolute Gasteiger partial charge is 0.124 e. The van der Waals surface area contributed by atoms with Gasteiger partial charge in [0.15, 0.2) is 0 Å². The highest BCUT2D eigenvalue weighted by atomic mass is 16.5. The van der Waals surface area contributed by atoms with Gasteiger partial charge < -0.3 is 14.7 Å². The number of ether oxygens (including phenoxy) is 2. The third-order valence-electron chi connectivity index (χ3n) is 2.68. The minimum atomic E-state index is -0.0240. The Morgan fingerprint density at radius 2 is 1.71 bits per heavy atom. The first-order valence-corrected chi connectivity index (χ1v) is 5.56. The number of benzene rings is 1. The fourth-order valence-electron chi connectivity index (χ4n) is 1.77. The summed E-state index contributed by atoms with van der Waals surface area (Å²) in [4.78, 5) is 0. The summed E-state index contributed by atoms with van der Waals surface area (Å²) in [6.07, 6.45) is 0. The Hall–Kier alpha value is -1.26. The lowest BCUT2D eigenvalue weighted by molar-refractivity contribution is 0.160. The molecule has 17 heavy (non-hydrogen) atoms. The Balaban J connectivity index is 3.33. The Bertz CT molecular complexity index is 383. The minimum absolute atomic E-state index is 0.0240. The molecular weight excluding hydrogens is 218 g/mol. The second kappa shape index (κ2) is 5.38. The molecule has 1 aromatic carbocycles. The summed E-state index contributed by atoms with van der Waals surface area (Å²) in [6, 6.07) is 3.86. The van der Waals surface area contributed by atoms with Gasteiger partial charge in [-0.05, 0) is 17.5 Å². The van der Waals surface area contributed by atoms with Crippen LogP contribution in [0.4, 0.5) is 0 Å². The molecule has 0 saturated heterocycles. The quantitative estimate of drug-likeness (QED) is 0.793. The van der Waals surface area contributed by atoms with Crippen molar-refractivity contribution in [2.45, 2.75) is 32.7 Å². The maximum atomic E-state index is 8.79. The lowest BCUT2D eigenvalue weighted by atomic mass is 9.85. The van der Waals surface area contributed by atoms with E-state index in [2.05, 4.69) is 26.3 Å². The zero-order chi connectivity index (χ0) is 13.1. The lowest BCUT2D eigenvalue weighted by Gasteiger charge is -2.24. The van der Waals surface area contributed by atoms with Gasteiger partial charge in [-0.3, -0.25) is 0 Å². The fourth-order valence-corrected chi connectivity index (χ4v) is 1.77. The molecule has 0 aromatic heterocycles. The maximum absolute atomic E-state index is 8.79. The molecule has 0 fully saturated rings. The fraction of sp³-hybridized carbons (Fsp3) is 0.538. The number of hydroxylamine groups is 1. The molecule has 0 aliphatic heterocycles. The van der Waals surface area contributed by atoms with Crippen molar-refractivity contribution in [1.82, 2.24) is 5.48 Å². The lowest BCUT2D eigenvalue weighted by Crippen LogP contribution is -2.15. The first-order chi connectivity index (χ1) is 7.93. The minimum Gasteiger partial charge on any atom is -0.496 e. The van der Waals surface area contributed by atoms with E-state index in [-0.39, 0.29) is 5.41 Å². The van der Waals surface area contributed by atoms with Crippen molar-refractivity contribution in [3.63, 3.8) is 0 Å². The molecule has 0 aliphatic carbocycles. The predicted molar refractivity (Wildman–Crippen MR) is 66.9 cm³/mol. The van der Waals surface area contributed by atoms with E-state index in [4.69, 9.17) is 14.7 Å². The van der Waals surface area contributed by atoms with Crippen LogP contribution in [-0.2, 0) is 12.0 Å². The summed E-state index contributed by atoms with van der Waals surface area (Å²) >= 11 is 0. The van der Waals surface area contributed by atoms with Gasteiger partial charge >= 0.3 is 0 Å². The molecule has 1 aromatic rings. The normalized spacial score (nSPS) is 11.4. The van der Waals surface area contributed by atoms with E-state index < -0.39 is 0 Å². The second-order valence-electron chi connectivity index (χ2n) is 4.95. The molecular formula is C13H21NO3. The monoisotopic (exact) mass is 239 g/mol. The van der Waals surface area contributed by atoms with Crippen molar-refractivity contribution in [3.8, 4) is 11.5 Å². The molecule has 0 heterocycles. The molecule has 4 heteroatoms. The van der Waals surface area contributed by atoms with E-state index in [0.717, 1.165) is 22.6 Å². The van der Waals surface area contributed by atoms with E-state index >= 15 is 0 Å². The summed E-state index contributed by atoms with van der Waals surface area (Å²) in [5.74, 6) is 1.56. The maximum Gasteiger partial charge on any atom is 0.124 e. The van der Waals surface area contributed by atoms with Crippen LogP contribution in [0.25, 0.3) is 0 Å². The Kier molecular flexibility index (Phi) is 4.37. The summed E-state index contributed by atoms with van der Waals surface area (Å²) < 4.78 is 10.7. The van der Waals surface area contributed by atoms with E-state index in [9.17, 15) is 0 Å². The zero-order valence-corrected chi connectivity index (χ0v) is 11.1. The number of hydrogen-bond donors (Lipinski definition) is 2. The Morgan fingerprint density at radius 3 is 2.12 bits per heavy atom. The molecule has 4 nitrogen and oxygen atoms in total. The molecule has 0 unspecified atom stereocenters. The van der Waals surface area contributed by atoms with E-state index in [1.54, 1.807) is 14.2 Å². The number of nitrogens with one attached hydrogen (secondary N) is 1. The van der Waals surface area contributed by atoms with E-state index in [0.29, 0.717) is 6.54 Å². The van der Waals surface area contributed by atoms with Gasteiger partial charge in [0, 0.05) is 17.7 Å². The summed E-state index contributed by atoms with van der Waals surface area (Å²) in [5.41, 5.74) is 4.05. The molecule has 0 atom stereocenters. The van der Waals surface area contributed by atoms with Gasteiger partial charge in [-0.15, -0.1) is 0 Å². The third kappa shape index (κ3) is 3.11. The van der Waals surface area contributed by atoms with Crippen molar-refractivity contribution >= 4 is 0 Å². The van der Waals surface area contributed by atoms with Crippen LogP contribution in [0.3, 0.4) is 0 Å². The van der Waals surface area contributed by atoms with Crippen LogP contribution in [-0.4, -0.2) is 19.4 Å². The Morgan fingerprint density at radius 1 is 1.12 bits per heavy atom. The van der Waals surface area contributed by atoms with Crippen molar-refractivity contribution in [1.29, 1.82) is 0 Å². The molecule has 0 radical (unpaired) electrons. The largest absolute Gasteiger partial charge is 0.496 e. The second-order valence-corrected chi connectivity index (χ2v) is 4.95. The first kappa shape index (κ1) is 13.8. The molecule has 96 valence electrons. The summed E-state index contributed by atoms with van der Waals surface area (Å²) in [5, 5.41) is 8.79. The number of rotatable bonds is 4. The third-order valence-corrected chi connectivity index (χ3v) is 2.68. The number of hydrogen-bond acceptors (Lipinski definition) is 4. The van der Waals surface area contributed by atoms with Crippen LogP contribution in [0.1, 0.15) is 31.9 Å². The Labute approximate surface area is 103 Å². The van der Waals surface area contributed by atoms with Crippen LogP contribution >= 0.6 is 0 Å². The first-order valence-electron chi connectivity index (χ1n) is 5.56. The van der Waals surface area contributed by atoms with Crippen LogP contribution in [0.2, 0.25) is 0 Å². The molecule has 0 bridgehead atoms. The topological polar surface area (TPSA) is 50.7 Å². The van der Waals surface area contributed by atoms with Crippen LogP contribution in [0.15, 0.2) is 12.1 Å². The summed E-state index contributed by atoms with van der Waals surface area (Å²) in [6.45, 7) is 6.68. The van der Waals surface area contributed by atoms with Crippen LogP contribution in [0, 0.1) is 0 Å². The summed E-state index contributed by atoms with van der Waals surface area (Å²) in [7, 11) is 3.27. The zero-order valence-electron chi connectivity index (χ0n) is 11.1. The average molecular weight is 239 g/mol. The van der Waals surface area contributed by atoms with Crippen molar-refractivity contribution < 1.29 is 14.7 Å². The highest BCUT2D eigenvalue weighted by molar-refractivity contribution is 5.49. The van der Waals surface area contributed by atoms with Gasteiger partial charge in [0.1, 0.15) is 11.5 Å². The van der Waals surface area contributed by atoms with E-state index in [1.165, 1.54) is 0 Å². The highest BCUT2D eigenvalue weighted by Gasteiger charge is 2.21. The molecule has 0 spiro atoms. The molecule has 0 saturated carbocycles. The van der Waals surface area contributed by atoms with Gasteiger partial charge in [0.25, 0.3) is 0 Å². The average Bonchev–Trinajstić information content (AvgIpc) is 2.27. The molecule has 0 aliphatic rings. The predicted octanol–water partition coefficient (Wildman–Crippen LogP) is 2.48. The standard InChI is InChI=1S/C13H21NO3/c1-13(2,3)10-7-11(16-4)9(8-14-15)6-12(10)17-5/h6-7,14-15H,8H2,1-5H3. The molecule has 0 amide bonds. The van der Waals surface area contributed by atoms with Gasteiger partial charge in [-0.1, -0.05) is 20.8 Å². The van der Waals surface area contributed by atoms with Gasteiger partial charge in [0.05, 0.1) is 14.2 Å². The van der Waals surface area contributed by atoms with Gasteiger partial charge in [-0.2, -0.15) is 0 Å². The molecule has 1 rings (SSSR count). The van der Waals surface area contributed by atoms with Crippen LogP contribution in [0.5, 0.6) is 11.5 Å². The number of methoxy groups -OCH3 is 2. The van der Waals surface area contributed by atoms with E-state index in [1.807, 2.05) is 12.1 Å². The van der Waals surface area contributed by atoms with Crippen LogP contribution < -0.4 is 15.0 Å². The van der Waals surface area contributed by atoms with Gasteiger partial charge in [-0.25, -0.2) is 5.48 Å².